The van der Waals surface area contributed by atoms with Gasteiger partial charge in [0.2, 0.25) is 0 Å². The van der Waals surface area contributed by atoms with Crippen molar-refractivity contribution in [3.63, 3.8) is 0 Å². The second-order valence-corrected chi connectivity index (χ2v) is 6.30. The molecular weight excluding hydrogens is 370 g/mol. The van der Waals surface area contributed by atoms with Crippen LogP contribution in [0.4, 0.5) is 0 Å². The Morgan fingerprint density at radius 1 is 1.17 bits per heavy atom. The zero-order valence-corrected chi connectivity index (χ0v) is 15.6. The van der Waals surface area contributed by atoms with E-state index in [1.165, 1.54) is 0 Å². The molecule has 0 aliphatic rings. The lowest BCUT2D eigenvalue weighted by Gasteiger charge is -2.12. The zero-order valence-electron chi connectivity index (χ0n) is 14.0. The molecular formula is C19H22BrNO3. The zero-order chi connectivity index (χ0) is 17.4. The molecule has 2 aromatic carbocycles. The topological polar surface area (TPSA) is 47.6 Å². The third-order valence-corrected chi connectivity index (χ3v) is 4.02. The minimum absolute atomic E-state index is 0.112. The van der Waals surface area contributed by atoms with E-state index >= 15 is 0 Å². The summed E-state index contributed by atoms with van der Waals surface area (Å²) in [6, 6.07) is 13.0. The molecule has 5 heteroatoms. The van der Waals surface area contributed by atoms with Gasteiger partial charge in [0.25, 0.3) is 5.91 Å². The highest BCUT2D eigenvalue weighted by Gasteiger charge is 2.08. The Bertz CT molecular complexity index is 688. The molecule has 0 radical (unpaired) electrons. The molecule has 2 aromatic rings. The van der Waals surface area contributed by atoms with Crippen LogP contribution < -0.4 is 14.8 Å². The molecule has 0 spiro atoms. The Morgan fingerprint density at radius 2 is 2.00 bits per heavy atom. The predicted molar refractivity (Wildman–Crippen MR) is 98.7 cm³/mol. The molecule has 2 rings (SSSR count). The summed E-state index contributed by atoms with van der Waals surface area (Å²) >= 11 is 3.37. The quantitative estimate of drug-likeness (QED) is 0.670. The maximum atomic E-state index is 12.2. The number of hydrogen-bond donors (Lipinski definition) is 1. The third-order valence-electron chi connectivity index (χ3n) is 3.52. The number of rotatable bonds is 8. The summed E-state index contributed by atoms with van der Waals surface area (Å²) in [5, 5.41) is 2.91. The first kappa shape index (κ1) is 18.3. The van der Waals surface area contributed by atoms with Crippen molar-refractivity contribution >= 4 is 21.8 Å². The van der Waals surface area contributed by atoms with E-state index in [2.05, 4.69) is 28.2 Å². The second kappa shape index (κ2) is 9.33. The highest BCUT2D eigenvalue weighted by Crippen LogP contribution is 2.28. The van der Waals surface area contributed by atoms with E-state index in [4.69, 9.17) is 9.47 Å². The lowest BCUT2D eigenvalue weighted by molar-refractivity contribution is 0.0951. The van der Waals surface area contributed by atoms with Gasteiger partial charge in [0.05, 0.1) is 13.7 Å². The fourth-order valence-corrected chi connectivity index (χ4v) is 2.58. The van der Waals surface area contributed by atoms with Gasteiger partial charge in [-0.1, -0.05) is 41.4 Å². The molecule has 0 aromatic heterocycles. The van der Waals surface area contributed by atoms with Crippen molar-refractivity contribution < 1.29 is 14.3 Å². The maximum Gasteiger partial charge on any atom is 0.251 e. The van der Waals surface area contributed by atoms with Gasteiger partial charge in [0.15, 0.2) is 11.5 Å². The molecule has 0 bridgehead atoms. The van der Waals surface area contributed by atoms with Crippen LogP contribution in [0.2, 0.25) is 0 Å². The van der Waals surface area contributed by atoms with Gasteiger partial charge in [0.1, 0.15) is 0 Å². The molecule has 0 atom stereocenters. The number of unbranched alkanes of at least 4 members (excludes halogenated alkanes) is 1. The maximum absolute atomic E-state index is 12.2. The first-order valence-electron chi connectivity index (χ1n) is 7.97. The van der Waals surface area contributed by atoms with Crippen LogP contribution in [0.1, 0.15) is 35.7 Å². The third kappa shape index (κ3) is 5.27. The Hall–Kier alpha value is -2.01. The molecule has 0 fully saturated rings. The number of benzene rings is 2. The molecule has 0 unspecified atom stereocenters. The number of hydrogen-bond acceptors (Lipinski definition) is 3. The number of halogens is 1. The van der Waals surface area contributed by atoms with E-state index in [0.29, 0.717) is 24.5 Å². The van der Waals surface area contributed by atoms with Gasteiger partial charge in [-0.2, -0.15) is 0 Å². The number of carbonyl (C=O) groups is 1. The number of carbonyl (C=O) groups excluding carboxylic acids is 1. The van der Waals surface area contributed by atoms with E-state index in [-0.39, 0.29) is 5.91 Å². The van der Waals surface area contributed by atoms with Crippen molar-refractivity contribution in [2.45, 2.75) is 26.3 Å². The lowest BCUT2D eigenvalue weighted by atomic mass is 10.1. The van der Waals surface area contributed by atoms with Crippen molar-refractivity contribution in [3.8, 4) is 11.5 Å². The highest BCUT2D eigenvalue weighted by molar-refractivity contribution is 9.10. The number of ether oxygens (including phenoxy) is 2. The Morgan fingerprint density at radius 3 is 2.71 bits per heavy atom. The van der Waals surface area contributed by atoms with Crippen LogP contribution in [0.15, 0.2) is 46.9 Å². The molecule has 4 nitrogen and oxygen atoms in total. The van der Waals surface area contributed by atoms with Gasteiger partial charge >= 0.3 is 0 Å². The number of nitrogens with one attached hydrogen (secondary N) is 1. The monoisotopic (exact) mass is 391 g/mol. The fourth-order valence-electron chi connectivity index (χ4n) is 2.18. The average Bonchev–Trinajstić information content (AvgIpc) is 2.60. The average molecular weight is 392 g/mol. The van der Waals surface area contributed by atoms with E-state index in [9.17, 15) is 4.79 Å². The number of methoxy groups -OCH3 is 1. The lowest BCUT2D eigenvalue weighted by Crippen LogP contribution is -2.22. The fraction of sp³-hybridized carbons (Fsp3) is 0.316. The van der Waals surface area contributed by atoms with Crippen molar-refractivity contribution in [2.24, 2.45) is 0 Å². The van der Waals surface area contributed by atoms with Gasteiger partial charge in [-0.15, -0.1) is 0 Å². The molecule has 0 saturated carbocycles. The van der Waals surface area contributed by atoms with Gasteiger partial charge in [-0.3, -0.25) is 4.79 Å². The van der Waals surface area contributed by atoms with Crippen molar-refractivity contribution in [1.82, 2.24) is 5.32 Å². The summed E-state index contributed by atoms with van der Waals surface area (Å²) in [4.78, 5) is 12.2. The molecule has 1 amide bonds. The SMILES string of the molecule is CCCCOc1ccc(CNC(=O)c2cccc(Br)c2)cc1OC. The van der Waals surface area contributed by atoms with E-state index in [1.54, 1.807) is 19.2 Å². The number of amides is 1. The summed E-state index contributed by atoms with van der Waals surface area (Å²) in [5.41, 5.74) is 1.58. The van der Waals surface area contributed by atoms with E-state index < -0.39 is 0 Å². The van der Waals surface area contributed by atoms with Crippen LogP contribution in [0, 0.1) is 0 Å². The van der Waals surface area contributed by atoms with Crippen LogP contribution >= 0.6 is 15.9 Å². The first-order valence-corrected chi connectivity index (χ1v) is 8.76. The first-order chi connectivity index (χ1) is 11.6. The summed E-state index contributed by atoms with van der Waals surface area (Å²) in [7, 11) is 1.62. The Balaban J connectivity index is 1.98. The van der Waals surface area contributed by atoms with Crippen molar-refractivity contribution in [1.29, 1.82) is 0 Å². The summed E-state index contributed by atoms with van der Waals surface area (Å²) in [6.45, 7) is 3.22. The minimum Gasteiger partial charge on any atom is -0.493 e. The largest absolute Gasteiger partial charge is 0.493 e. The summed E-state index contributed by atoms with van der Waals surface area (Å²) < 4.78 is 12.0. The van der Waals surface area contributed by atoms with Gasteiger partial charge in [0, 0.05) is 16.6 Å². The van der Waals surface area contributed by atoms with Gasteiger partial charge in [-0.05, 0) is 42.3 Å². The smallest absolute Gasteiger partial charge is 0.251 e. The predicted octanol–water partition coefficient (Wildman–Crippen LogP) is 4.57. The normalized spacial score (nSPS) is 10.3. The molecule has 24 heavy (non-hydrogen) atoms. The summed E-state index contributed by atoms with van der Waals surface area (Å²) in [5.74, 6) is 1.30. The molecule has 0 saturated heterocycles. The highest BCUT2D eigenvalue weighted by atomic mass is 79.9. The van der Waals surface area contributed by atoms with Crippen molar-refractivity contribution in [3.05, 3.63) is 58.1 Å². The van der Waals surface area contributed by atoms with Crippen LogP contribution in [0.5, 0.6) is 11.5 Å². The second-order valence-electron chi connectivity index (χ2n) is 5.38. The van der Waals surface area contributed by atoms with Gasteiger partial charge in [-0.25, -0.2) is 0 Å². The van der Waals surface area contributed by atoms with Crippen LogP contribution in [0.3, 0.4) is 0 Å². The molecule has 1 N–H and O–H groups in total. The Labute approximate surface area is 151 Å². The van der Waals surface area contributed by atoms with E-state index in [1.807, 2.05) is 30.3 Å². The molecule has 128 valence electrons. The van der Waals surface area contributed by atoms with Gasteiger partial charge < -0.3 is 14.8 Å². The molecule has 0 aliphatic carbocycles. The van der Waals surface area contributed by atoms with Crippen LogP contribution in [-0.4, -0.2) is 19.6 Å². The van der Waals surface area contributed by atoms with Crippen LogP contribution in [0.25, 0.3) is 0 Å². The Kier molecular flexibility index (Phi) is 7.12. The molecule has 0 aliphatic heterocycles. The van der Waals surface area contributed by atoms with E-state index in [0.717, 1.165) is 28.6 Å². The standard InChI is InChI=1S/C19H22BrNO3/c1-3-4-10-24-17-9-8-14(11-18(17)23-2)13-21-19(22)15-6-5-7-16(20)12-15/h5-9,11-12H,3-4,10,13H2,1-2H3,(H,21,22). The summed E-state index contributed by atoms with van der Waals surface area (Å²) in [6.07, 6.45) is 2.09. The minimum atomic E-state index is -0.112. The van der Waals surface area contributed by atoms with Crippen LogP contribution in [-0.2, 0) is 6.54 Å². The van der Waals surface area contributed by atoms with Crippen molar-refractivity contribution in [2.75, 3.05) is 13.7 Å². The molecule has 0 heterocycles.